The molecule has 10 nitrogen and oxygen atoms in total. The number of halogens is 3. The zero-order valence-corrected chi connectivity index (χ0v) is 21.2. The molecule has 3 N–H and O–H groups in total. The zero-order valence-electron chi connectivity index (χ0n) is 20.4. The Balaban J connectivity index is 2.40. The van der Waals surface area contributed by atoms with Crippen molar-refractivity contribution in [2.75, 3.05) is 16.6 Å². The normalized spacial score (nSPS) is 13.6. The SMILES string of the molecule is CCOC(=O)C(NC(=O)CC(C)C)(Nc1ccc(S(=O)(=O)Nc2nc(C)cc(C)n2)cc1)C(F)(F)F. The lowest BCUT2D eigenvalue weighted by atomic mass is 10.1. The third-order valence-corrected chi connectivity index (χ3v) is 5.98. The van der Waals surface area contributed by atoms with Gasteiger partial charge in [-0.15, -0.1) is 0 Å². The second kappa shape index (κ2) is 11.1. The number of anilines is 2. The molecule has 1 atom stereocenters. The number of nitrogens with one attached hydrogen (secondary N) is 3. The van der Waals surface area contributed by atoms with E-state index in [2.05, 4.69) is 19.4 Å². The van der Waals surface area contributed by atoms with E-state index in [9.17, 15) is 31.2 Å². The summed E-state index contributed by atoms with van der Waals surface area (Å²) >= 11 is 0. The van der Waals surface area contributed by atoms with E-state index in [0.717, 1.165) is 24.3 Å². The molecule has 2 aromatic rings. The molecule has 0 spiro atoms. The van der Waals surface area contributed by atoms with Crippen molar-refractivity contribution in [3.63, 3.8) is 0 Å². The molecular formula is C22H28F3N5O5S. The summed E-state index contributed by atoms with van der Waals surface area (Å²) in [5, 5.41) is 3.72. The Bertz CT molecular complexity index is 1180. The summed E-state index contributed by atoms with van der Waals surface area (Å²) in [6.07, 6.45) is -5.58. The molecule has 1 heterocycles. The van der Waals surface area contributed by atoms with Crippen LogP contribution in [-0.2, 0) is 24.3 Å². The van der Waals surface area contributed by atoms with Crippen molar-refractivity contribution in [3.05, 3.63) is 41.7 Å². The quantitative estimate of drug-likeness (QED) is 0.314. The number of sulfonamides is 1. The van der Waals surface area contributed by atoms with Crippen LogP contribution in [0.5, 0.6) is 0 Å². The maximum atomic E-state index is 14.2. The van der Waals surface area contributed by atoms with Crippen LogP contribution < -0.4 is 15.4 Å². The van der Waals surface area contributed by atoms with Gasteiger partial charge >= 0.3 is 17.8 Å². The lowest BCUT2D eigenvalue weighted by Crippen LogP contribution is -2.69. The fourth-order valence-corrected chi connectivity index (χ4v) is 4.09. The van der Waals surface area contributed by atoms with Crippen LogP contribution in [0.25, 0.3) is 0 Å². The maximum Gasteiger partial charge on any atom is 0.441 e. The number of alkyl halides is 3. The van der Waals surface area contributed by atoms with Crippen LogP contribution in [0.1, 0.15) is 38.6 Å². The molecule has 2 rings (SSSR count). The van der Waals surface area contributed by atoms with Gasteiger partial charge in [-0.25, -0.2) is 27.9 Å². The molecule has 0 aliphatic carbocycles. The molecule has 1 unspecified atom stereocenters. The second-order valence-corrected chi connectivity index (χ2v) is 10.0. The molecule has 0 aliphatic rings. The van der Waals surface area contributed by atoms with E-state index >= 15 is 0 Å². The van der Waals surface area contributed by atoms with Crippen molar-refractivity contribution < 1.29 is 35.9 Å². The fraction of sp³-hybridized carbons (Fsp3) is 0.455. The minimum atomic E-state index is -5.31. The molecule has 0 saturated heterocycles. The fourth-order valence-electron chi connectivity index (χ4n) is 3.15. The van der Waals surface area contributed by atoms with E-state index in [1.807, 2.05) is 5.32 Å². The lowest BCUT2D eigenvalue weighted by molar-refractivity contribution is -0.208. The van der Waals surface area contributed by atoms with Gasteiger partial charge in [0.05, 0.1) is 11.5 Å². The summed E-state index contributed by atoms with van der Waals surface area (Å²) in [6.45, 7) is 7.52. The molecular weight excluding hydrogens is 503 g/mol. The maximum absolute atomic E-state index is 14.2. The number of ether oxygens (including phenoxy) is 1. The number of aromatic nitrogens is 2. The number of benzene rings is 1. The molecule has 1 aromatic carbocycles. The first kappa shape index (κ1) is 28.8. The Labute approximate surface area is 207 Å². The molecule has 198 valence electrons. The Morgan fingerprint density at radius 1 is 1.06 bits per heavy atom. The van der Waals surface area contributed by atoms with Gasteiger partial charge in [0, 0.05) is 23.5 Å². The Morgan fingerprint density at radius 3 is 2.08 bits per heavy atom. The van der Waals surface area contributed by atoms with Gasteiger partial charge in [-0.1, -0.05) is 13.8 Å². The number of nitrogens with zero attached hydrogens (tertiary/aromatic N) is 2. The highest BCUT2D eigenvalue weighted by molar-refractivity contribution is 7.92. The summed E-state index contributed by atoms with van der Waals surface area (Å²) in [7, 11) is -4.18. The highest BCUT2D eigenvalue weighted by Gasteiger charge is 2.63. The van der Waals surface area contributed by atoms with Crippen molar-refractivity contribution in [2.45, 2.75) is 57.8 Å². The number of amides is 1. The summed E-state index contributed by atoms with van der Waals surface area (Å²) in [5.41, 5.74) is -2.84. The predicted molar refractivity (Wildman–Crippen MR) is 125 cm³/mol. The third-order valence-electron chi connectivity index (χ3n) is 4.63. The van der Waals surface area contributed by atoms with Gasteiger partial charge in [0.1, 0.15) is 0 Å². The number of rotatable bonds is 10. The van der Waals surface area contributed by atoms with Gasteiger partial charge in [0.15, 0.2) is 0 Å². The number of carbonyl (C=O) groups is 2. The Hall–Kier alpha value is -3.42. The van der Waals surface area contributed by atoms with Crippen molar-refractivity contribution in [1.29, 1.82) is 0 Å². The van der Waals surface area contributed by atoms with Gasteiger partial charge in [0.2, 0.25) is 11.9 Å². The van der Waals surface area contributed by atoms with Crippen LogP contribution in [-0.4, -0.2) is 48.7 Å². The van der Waals surface area contributed by atoms with E-state index < -0.39 is 33.7 Å². The van der Waals surface area contributed by atoms with E-state index in [1.54, 1.807) is 39.1 Å². The van der Waals surface area contributed by atoms with Crippen LogP contribution in [0.3, 0.4) is 0 Å². The van der Waals surface area contributed by atoms with Gasteiger partial charge in [-0.05, 0) is 57.0 Å². The first-order chi connectivity index (χ1) is 16.6. The summed E-state index contributed by atoms with van der Waals surface area (Å²) in [5.74, 6) is -3.24. The van der Waals surface area contributed by atoms with Crippen molar-refractivity contribution >= 4 is 33.5 Å². The Morgan fingerprint density at radius 2 is 1.61 bits per heavy atom. The van der Waals surface area contributed by atoms with Crippen LogP contribution >= 0.6 is 0 Å². The average Bonchev–Trinajstić information content (AvgIpc) is 2.71. The van der Waals surface area contributed by atoms with Crippen molar-refractivity contribution in [3.8, 4) is 0 Å². The van der Waals surface area contributed by atoms with Crippen molar-refractivity contribution in [2.24, 2.45) is 5.92 Å². The average molecular weight is 532 g/mol. The summed E-state index contributed by atoms with van der Waals surface area (Å²) < 4.78 is 74.9. The van der Waals surface area contributed by atoms with E-state index in [4.69, 9.17) is 0 Å². The van der Waals surface area contributed by atoms with Crippen molar-refractivity contribution in [1.82, 2.24) is 15.3 Å². The minimum Gasteiger partial charge on any atom is -0.463 e. The molecule has 0 bridgehead atoms. The largest absolute Gasteiger partial charge is 0.463 e. The van der Waals surface area contributed by atoms with Crippen LogP contribution in [0.2, 0.25) is 0 Å². The number of esters is 1. The minimum absolute atomic E-state index is 0.166. The second-order valence-electron chi connectivity index (χ2n) is 8.34. The standard InChI is InChI=1S/C22H28F3N5O5S/c1-6-35-19(32)21(22(23,24)25,29-18(31)11-13(2)3)28-16-7-9-17(10-8-16)36(33,34)30-20-26-14(4)12-15(5)27-20/h7-10,12-13,28H,6,11H2,1-5H3,(H,29,31)(H,26,27,30). The molecule has 0 saturated carbocycles. The third kappa shape index (κ3) is 7.06. The molecule has 36 heavy (non-hydrogen) atoms. The molecule has 0 aliphatic heterocycles. The number of aryl methyl sites for hydroxylation is 2. The molecule has 1 amide bonds. The number of carbonyl (C=O) groups excluding carboxylic acids is 2. The number of hydrogen-bond donors (Lipinski definition) is 3. The van der Waals surface area contributed by atoms with Gasteiger partial charge in [-0.2, -0.15) is 13.2 Å². The Kier molecular flexibility index (Phi) is 8.88. The predicted octanol–water partition coefficient (Wildman–Crippen LogP) is 3.29. The lowest BCUT2D eigenvalue weighted by Gasteiger charge is -2.35. The van der Waals surface area contributed by atoms with E-state index in [-0.39, 0.29) is 35.5 Å². The van der Waals surface area contributed by atoms with Gasteiger partial charge in [-0.3, -0.25) is 4.79 Å². The topological polar surface area (TPSA) is 139 Å². The van der Waals surface area contributed by atoms with E-state index in [1.165, 1.54) is 6.92 Å². The van der Waals surface area contributed by atoms with Crippen LogP contribution in [0.15, 0.2) is 35.2 Å². The highest BCUT2D eigenvalue weighted by atomic mass is 32.2. The first-order valence-electron chi connectivity index (χ1n) is 10.9. The van der Waals surface area contributed by atoms with Crippen LogP contribution in [0, 0.1) is 19.8 Å². The molecule has 0 radical (unpaired) electrons. The highest BCUT2D eigenvalue weighted by Crippen LogP contribution is 2.34. The summed E-state index contributed by atoms with van der Waals surface area (Å²) in [4.78, 5) is 32.4. The smallest absolute Gasteiger partial charge is 0.441 e. The van der Waals surface area contributed by atoms with Gasteiger partial charge in [0.25, 0.3) is 10.0 Å². The van der Waals surface area contributed by atoms with Gasteiger partial charge < -0.3 is 15.4 Å². The van der Waals surface area contributed by atoms with E-state index in [0.29, 0.717) is 11.4 Å². The zero-order chi connectivity index (χ0) is 27.3. The molecule has 1 aromatic heterocycles. The van der Waals surface area contributed by atoms with Crippen LogP contribution in [0.4, 0.5) is 24.8 Å². The first-order valence-corrected chi connectivity index (χ1v) is 12.4. The monoisotopic (exact) mass is 531 g/mol. The molecule has 14 heteroatoms. The number of hydrogen-bond acceptors (Lipinski definition) is 8. The summed E-state index contributed by atoms with van der Waals surface area (Å²) in [6, 6.07) is 5.73. The molecule has 0 fully saturated rings.